The molecule has 0 N–H and O–H groups in total. The van der Waals surface area contributed by atoms with E-state index in [2.05, 4.69) is 0 Å². The molecule has 1 aliphatic rings. The second-order valence-corrected chi connectivity index (χ2v) is 6.41. The lowest BCUT2D eigenvalue weighted by Gasteiger charge is -2.25. The molecule has 110 valence electrons. The van der Waals surface area contributed by atoms with Gasteiger partial charge in [-0.15, -0.1) is 0 Å². The summed E-state index contributed by atoms with van der Waals surface area (Å²) >= 11 is 0. The van der Waals surface area contributed by atoms with Crippen LogP contribution in [0.1, 0.15) is 32.8 Å². The van der Waals surface area contributed by atoms with E-state index in [1.807, 2.05) is 35.2 Å². The van der Waals surface area contributed by atoms with E-state index in [0.29, 0.717) is 13.1 Å². The Bertz CT molecular complexity index is 469. The Labute approximate surface area is 119 Å². The van der Waals surface area contributed by atoms with Crippen LogP contribution in [0.4, 0.5) is 4.39 Å². The van der Waals surface area contributed by atoms with E-state index < -0.39 is 17.2 Å². The zero-order valence-electron chi connectivity index (χ0n) is 12.4. The zero-order chi connectivity index (χ0) is 14.8. The molecular formula is C16H22FNO2. The third kappa shape index (κ3) is 3.79. The maximum absolute atomic E-state index is 14.7. The molecule has 0 saturated carbocycles. The molecule has 0 spiro atoms. The standard InChI is InChI=1S/C16H22FNO2/c1-15(2,3)20-14(19)16(17)9-10-18(12-16)11-13-7-5-4-6-8-13/h4-8H,9-12H2,1-3H3. The smallest absolute Gasteiger partial charge is 0.345 e. The van der Waals surface area contributed by atoms with Gasteiger partial charge in [0.2, 0.25) is 5.67 Å². The van der Waals surface area contributed by atoms with Crippen LogP contribution >= 0.6 is 0 Å². The van der Waals surface area contributed by atoms with E-state index in [0.717, 1.165) is 5.56 Å². The Morgan fingerprint density at radius 3 is 2.60 bits per heavy atom. The van der Waals surface area contributed by atoms with Crippen LogP contribution in [0.5, 0.6) is 0 Å². The summed E-state index contributed by atoms with van der Waals surface area (Å²) in [6, 6.07) is 9.88. The summed E-state index contributed by atoms with van der Waals surface area (Å²) in [6.07, 6.45) is 0.203. The molecule has 1 fully saturated rings. The highest BCUT2D eigenvalue weighted by Crippen LogP contribution is 2.29. The van der Waals surface area contributed by atoms with Gasteiger partial charge >= 0.3 is 5.97 Å². The number of esters is 1. The highest BCUT2D eigenvalue weighted by molar-refractivity contribution is 5.80. The number of likely N-dealkylation sites (tertiary alicyclic amines) is 1. The van der Waals surface area contributed by atoms with Crippen molar-refractivity contribution in [3.05, 3.63) is 35.9 Å². The number of rotatable bonds is 3. The largest absolute Gasteiger partial charge is 0.458 e. The number of halogens is 1. The summed E-state index contributed by atoms with van der Waals surface area (Å²) < 4.78 is 19.9. The van der Waals surface area contributed by atoms with Crippen LogP contribution < -0.4 is 0 Å². The van der Waals surface area contributed by atoms with Crippen LogP contribution in [-0.2, 0) is 16.1 Å². The number of alkyl halides is 1. The Kier molecular flexibility index (Phi) is 4.14. The van der Waals surface area contributed by atoms with Gasteiger partial charge in [-0.05, 0) is 26.3 Å². The monoisotopic (exact) mass is 279 g/mol. The van der Waals surface area contributed by atoms with Crippen LogP contribution in [-0.4, -0.2) is 35.2 Å². The SMILES string of the molecule is CC(C)(C)OC(=O)C1(F)CCN(Cc2ccccc2)C1. The maximum Gasteiger partial charge on any atom is 0.345 e. The van der Waals surface area contributed by atoms with E-state index in [4.69, 9.17) is 4.74 Å². The summed E-state index contributed by atoms with van der Waals surface area (Å²) in [5.41, 5.74) is -1.40. The summed E-state index contributed by atoms with van der Waals surface area (Å²) in [4.78, 5) is 13.9. The lowest BCUT2D eigenvalue weighted by molar-refractivity contribution is -0.168. The fourth-order valence-corrected chi connectivity index (χ4v) is 2.36. The first-order valence-electron chi connectivity index (χ1n) is 6.97. The van der Waals surface area contributed by atoms with E-state index in [9.17, 15) is 9.18 Å². The molecular weight excluding hydrogens is 257 g/mol. The molecule has 1 saturated heterocycles. The minimum absolute atomic E-state index is 0.108. The van der Waals surface area contributed by atoms with Crippen molar-refractivity contribution in [3.8, 4) is 0 Å². The first kappa shape index (κ1) is 15.0. The Hall–Kier alpha value is -1.42. The third-order valence-electron chi connectivity index (χ3n) is 3.31. The topological polar surface area (TPSA) is 29.5 Å². The number of benzene rings is 1. The van der Waals surface area contributed by atoms with Crippen LogP contribution in [0.2, 0.25) is 0 Å². The van der Waals surface area contributed by atoms with Gasteiger partial charge in [-0.25, -0.2) is 9.18 Å². The normalized spacial score (nSPS) is 23.8. The molecule has 0 radical (unpaired) electrons. The molecule has 3 nitrogen and oxygen atoms in total. The molecule has 1 aliphatic heterocycles. The molecule has 1 atom stereocenters. The van der Waals surface area contributed by atoms with Gasteiger partial charge in [0.1, 0.15) is 5.60 Å². The summed E-state index contributed by atoms with van der Waals surface area (Å²) in [7, 11) is 0. The fraction of sp³-hybridized carbons (Fsp3) is 0.562. The quantitative estimate of drug-likeness (QED) is 0.797. The third-order valence-corrected chi connectivity index (χ3v) is 3.31. The van der Waals surface area contributed by atoms with E-state index in [-0.39, 0.29) is 13.0 Å². The highest BCUT2D eigenvalue weighted by atomic mass is 19.1. The van der Waals surface area contributed by atoms with Crippen molar-refractivity contribution in [1.82, 2.24) is 4.90 Å². The number of ether oxygens (including phenoxy) is 1. The Balaban J connectivity index is 1.95. The fourth-order valence-electron chi connectivity index (χ4n) is 2.36. The molecule has 1 heterocycles. The molecule has 1 aromatic carbocycles. The van der Waals surface area contributed by atoms with Gasteiger partial charge in [-0.1, -0.05) is 30.3 Å². The van der Waals surface area contributed by atoms with Gasteiger partial charge in [0.05, 0.1) is 0 Å². The van der Waals surface area contributed by atoms with Gasteiger partial charge in [-0.2, -0.15) is 0 Å². The second kappa shape index (κ2) is 5.52. The highest BCUT2D eigenvalue weighted by Gasteiger charge is 2.47. The van der Waals surface area contributed by atoms with Gasteiger partial charge in [0.15, 0.2) is 0 Å². The average molecular weight is 279 g/mol. The van der Waals surface area contributed by atoms with Crippen LogP contribution in [0, 0.1) is 0 Å². The molecule has 4 heteroatoms. The summed E-state index contributed by atoms with van der Waals surface area (Å²) in [6.45, 7) is 6.61. The average Bonchev–Trinajstić information content (AvgIpc) is 2.71. The number of hydrogen-bond acceptors (Lipinski definition) is 3. The predicted molar refractivity (Wildman–Crippen MR) is 76.0 cm³/mol. The summed E-state index contributed by atoms with van der Waals surface area (Å²) in [5.74, 6) is -0.736. The van der Waals surface area contributed by atoms with Crippen molar-refractivity contribution in [2.75, 3.05) is 13.1 Å². The molecule has 0 aromatic heterocycles. The van der Waals surface area contributed by atoms with E-state index >= 15 is 0 Å². The lowest BCUT2D eigenvalue weighted by Crippen LogP contribution is -2.42. The minimum atomic E-state index is -1.87. The number of carbonyl (C=O) groups excluding carboxylic acids is 1. The van der Waals surface area contributed by atoms with E-state index in [1.54, 1.807) is 20.8 Å². The molecule has 2 rings (SSSR count). The molecule has 0 bridgehead atoms. The number of nitrogens with zero attached hydrogens (tertiary/aromatic N) is 1. The zero-order valence-corrected chi connectivity index (χ0v) is 12.4. The molecule has 1 unspecified atom stereocenters. The molecule has 0 aliphatic carbocycles. The van der Waals surface area contributed by atoms with Gasteiger partial charge in [0, 0.05) is 26.1 Å². The van der Waals surface area contributed by atoms with Crippen molar-refractivity contribution in [1.29, 1.82) is 0 Å². The van der Waals surface area contributed by atoms with Gasteiger partial charge < -0.3 is 4.74 Å². The van der Waals surface area contributed by atoms with Crippen molar-refractivity contribution in [2.45, 2.75) is 45.0 Å². The summed E-state index contributed by atoms with van der Waals surface area (Å²) in [5, 5.41) is 0. The predicted octanol–water partition coefficient (Wildman–Crippen LogP) is 2.94. The van der Waals surface area contributed by atoms with Crippen LogP contribution in [0.25, 0.3) is 0 Å². The number of carbonyl (C=O) groups is 1. The molecule has 0 amide bonds. The lowest BCUT2D eigenvalue weighted by atomic mass is 10.1. The second-order valence-electron chi connectivity index (χ2n) is 6.41. The van der Waals surface area contributed by atoms with Crippen LogP contribution in [0.3, 0.4) is 0 Å². The molecule has 1 aromatic rings. The van der Waals surface area contributed by atoms with Crippen LogP contribution in [0.15, 0.2) is 30.3 Å². The van der Waals surface area contributed by atoms with E-state index in [1.165, 1.54) is 0 Å². The first-order valence-corrected chi connectivity index (χ1v) is 6.97. The Morgan fingerprint density at radius 1 is 1.35 bits per heavy atom. The van der Waals surface area contributed by atoms with Gasteiger partial charge in [-0.3, -0.25) is 4.90 Å². The Morgan fingerprint density at radius 2 is 2.00 bits per heavy atom. The van der Waals surface area contributed by atoms with Crippen molar-refractivity contribution < 1.29 is 13.9 Å². The van der Waals surface area contributed by atoms with Gasteiger partial charge in [0.25, 0.3) is 0 Å². The molecule has 20 heavy (non-hydrogen) atoms. The maximum atomic E-state index is 14.7. The van der Waals surface area contributed by atoms with Crippen molar-refractivity contribution in [3.63, 3.8) is 0 Å². The first-order chi connectivity index (χ1) is 9.28. The van der Waals surface area contributed by atoms with Crippen molar-refractivity contribution >= 4 is 5.97 Å². The number of hydrogen-bond donors (Lipinski definition) is 0. The van der Waals surface area contributed by atoms with Crippen molar-refractivity contribution in [2.24, 2.45) is 0 Å². The minimum Gasteiger partial charge on any atom is -0.458 e.